The number of esters is 2. The van der Waals surface area contributed by atoms with Gasteiger partial charge < -0.3 is 28.6 Å². The van der Waals surface area contributed by atoms with Crippen molar-refractivity contribution >= 4 is 17.9 Å². The molecule has 0 aliphatic rings. The molecule has 0 N–H and O–H groups in total. The van der Waals surface area contributed by atoms with E-state index in [0.29, 0.717) is 12.8 Å². The molecule has 0 aromatic carbocycles. The number of carboxylic acids is 1. The van der Waals surface area contributed by atoms with E-state index in [0.717, 1.165) is 77.0 Å². The number of hydrogen-bond donors (Lipinski definition) is 0. The van der Waals surface area contributed by atoms with E-state index in [1.807, 2.05) is 0 Å². The quantitative estimate of drug-likeness (QED) is 0.0198. The van der Waals surface area contributed by atoms with Crippen molar-refractivity contribution in [3.63, 3.8) is 0 Å². The molecule has 0 aromatic rings. The van der Waals surface area contributed by atoms with Crippen molar-refractivity contribution in [2.45, 2.75) is 206 Å². The predicted molar refractivity (Wildman–Crippen MR) is 245 cm³/mol. The molecular formula is C51H89NO7. The van der Waals surface area contributed by atoms with Crippen molar-refractivity contribution in [2.24, 2.45) is 0 Å². The molecule has 0 spiro atoms. The van der Waals surface area contributed by atoms with Crippen LogP contribution in [0.1, 0.15) is 194 Å². The maximum atomic E-state index is 12.7. The molecule has 8 nitrogen and oxygen atoms in total. The van der Waals surface area contributed by atoms with E-state index in [4.69, 9.17) is 14.2 Å². The summed E-state index contributed by atoms with van der Waals surface area (Å²) in [6, 6.07) is -0.730. The first kappa shape index (κ1) is 56.0. The van der Waals surface area contributed by atoms with Crippen LogP contribution in [-0.4, -0.2) is 75.5 Å². The third kappa shape index (κ3) is 40.2. The van der Waals surface area contributed by atoms with Gasteiger partial charge in [-0.05, 0) is 70.6 Å². The number of likely N-dealkylation sites (N-methyl/N-ethyl adjacent to an activating group) is 1. The summed E-state index contributed by atoms with van der Waals surface area (Å²) in [5.74, 6) is -1.76. The molecule has 0 saturated heterocycles. The monoisotopic (exact) mass is 828 g/mol. The number of allylic oxidation sites excluding steroid dienone is 10. The maximum absolute atomic E-state index is 12.7. The molecule has 59 heavy (non-hydrogen) atoms. The zero-order valence-corrected chi connectivity index (χ0v) is 38.7. The van der Waals surface area contributed by atoms with Crippen LogP contribution in [0.25, 0.3) is 0 Å². The summed E-state index contributed by atoms with van der Waals surface area (Å²) < 4.78 is 17.2. The second-order valence-corrected chi connectivity index (χ2v) is 17.0. The second-order valence-electron chi connectivity index (χ2n) is 17.0. The summed E-state index contributed by atoms with van der Waals surface area (Å²) in [6.07, 6.45) is 51.0. The Morgan fingerprint density at radius 3 is 1.51 bits per heavy atom. The number of carboxylic acid groups (broad SMARTS) is 1. The second kappa shape index (κ2) is 41.8. The highest BCUT2D eigenvalue weighted by atomic mass is 16.6. The summed E-state index contributed by atoms with van der Waals surface area (Å²) in [5.41, 5.74) is 0. The summed E-state index contributed by atoms with van der Waals surface area (Å²) in [4.78, 5) is 36.9. The molecule has 0 aromatic heterocycles. The fourth-order valence-corrected chi connectivity index (χ4v) is 6.72. The number of carbonyl (C=O) groups excluding carboxylic acids is 3. The molecule has 0 heterocycles. The van der Waals surface area contributed by atoms with Crippen LogP contribution >= 0.6 is 0 Å². The number of unbranched alkanes of at least 4 members (excludes halogenated alkanes) is 19. The van der Waals surface area contributed by atoms with Crippen LogP contribution in [0, 0.1) is 0 Å². The Bertz CT molecular complexity index is 1150. The largest absolute Gasteiger partial charge is 0.544 e. The van der Waals surface area contributed by atoms with Crippen LogP contribution in [0.4, 0.5) is 0 Å². The smallest absolute Gasteiger partial charge is 0.306 e. The number of aliphatic carboxylic acids is 1. The normalized spacial score (nSPS) is 13.4. The predicted octanol–water partition coefficient (Wildman–Crippen LogP) is 12.0. The van der Waals surface area contributed by atoms with Crippen LogP contribution in [0.2, 0.25) is 0 Å². The van der Waals surface area contributed by atoms with Gasteiger partial charge in [0.15, 0.2) is 6.10 Å². The highest BCUT2D eigenvalue weighted by Gasteiger charge is 2.25. The highest BCUT2D eigenvalue weighted by molar-refractivity contribution is 5.70. The first-order chi connectivity index (χ1) is 28.6. The van der Waals surface area contributed by atoms with Gasteiger partial charge in [0.1, 0.15) is 12.6 Å². The SMILES string of the molecule is CC/C=C/C/C=C/C/C=C/CCCCCCCCCCCCC(=O)OCC(COCCC(C(=O)[O-])[N+](C)(C)C)OC(=O)CCCCCCCC/C=C/C=C/CCCCC. The first-order valence-electron chi connectivity index (χ1n) is 23.8. The molecule has 0 aliphatic carbocycles. The number of nitrogens with zero attached hydrogens (tertiary/aromatic N) is 1. The number of rotatable bonds is 42. The molecule has 0 saturated carbocycles. The van der Waals surface area contributed by atoms with E-state index in [2.05, 4.69) is 74.6 Å². The third-order valence-corrected chi connectivity index (χ3v) is 10.4. The van der Waals surface area contributed by atoms with Gasteiger partial charge in [-0.1, -0.05) is 164 Å². The van der Waals surface area contributed by atoms with E-state index in [1.54, 1.807) is 21.1 Å². The van der Waals surface area contributed by atoms with Crippen LogP contribution < -0.4 is 5.11 Å². The molecule has 0 amide bonds. The Balaban J connectivity index is 4.29. The minimum Gasteiger partial charge on any atom is -0.544 e. The Hall–Kier alpha value is -2.97. The summed E-state index contributed by atoms with van der Waals surface area (Å²) >= 11 is 0. The number of carbonyl (C=O) groups is 3. The lowest BCUT2D eigenvalue weighted by Crippen LogP contribution is -2.55. The fourth-order valence-electron chi connectivity index (χ4n) is 6.72. The third-order valence-electron chi connectivity index (χ3n) is 10.4. The minimum atomic E-state index is -1.13. The number of quaternary nitrogens is 1. The lowest BCUT2D eigenvalue weighted by Gasteiger charge is -2.34. The van der Waals surface area contributed by atoms with Crippen LogP contribution in [0.15, 0.2) is 60.8 Å². The average molecular weight is 828 g/mol. The first-order valence-corrected chi connectivity index (χ1v) is 23.8. The van der Waals surface area contributed by atoms with Crippen LogP contribution in [0.3, 0.4) is 0 Å². The summed E-state index contributed by atoms with van der Waals surface area (Å²) in [6.45, 7) is 4.51. The zero-order chi connectivity index (χ0) is 43.5. The Labute approximate surface area is 362 Å². The summed E-state index contributed by atoms with van der Waals surface area (Å²) in [7, 11) is 5.40. The van der Waals surface area contributed by atoms with Gasteiger partial charge in [0, 0.05) is 19.3 Å². The molecule has 2 atom stereocenters. The molecule has 0 aliphatic heterocycles. The van der Waals surface area contributed by atoms with Gasteiger partial charge in [-0.15, -0.1) is 0 Å². The van der Waals surface area contributed by atoms with Gasteiger partial charge in [0.2, 0.25) is 0 Å². The van der Waals surface area contributed by atoms with Gasteiger partial charge in [0.05, 0.1) is 40.3 Å². The average Bonchev–Trinajstić information content (AvgIpc) is 3.19. The van der Waals surface area contributed by atoms with E-state index in [1.165, 1.54) is 83.5 Å². The van der Waals surface area contributed by atoms with Crippen molar-refractivity contribution in [3.05, 3.63) is 60.8 Å². The zero-order valence-electron chi connectivity index (χ0n) is 38.7. The van der Waals surface area contributed by atoms with E-state index in [9.17, 15) is 19.5 Å². The van der Waals surface area contributed by atoms with E-state index < -0.39 is 18.1 Å². The summed E-state index contributed by atoms with van der Waals surface area (Å²) in [5, 5.41) is 11.6. The maximum Gasteiger partial charge on any atom is 0.306 e. The van der Waals surface area contributed by atoms with Crippen molar-refractivity contribution in [1.82, 2.24) is 0 Å². The number of ether oxygens (including phenoxy) is 3. The standard InChI is InChI=1S/C51H89NO7/c1-6-8-10-12-14-16-18-20-22-23-24-25-26-28-29-31-33-35-37-39-41-49(53)58-46-47(45-57-44-43-48(51(55)56)52(3,4)5)59-50(54)42-40-38-36-34-32-30-27-21-19-17-15-13-11-9-7-2/h8,10,14-17,19-22,47-48H,6-7,9,11-13,18,23-46H2,1-5H3/b10-8+,16-14+,17-15+,21-19+,22-20+. The van der Waals surface area contributed by atoms with Gasteiger partial charge in [-0.25, -0.2) is 0 Å². The van der Waals surface area contributed by atoms with Crippen LogP contribution in [-0.2, 0) is 28.6 Å². The van der Waals surface area contributed by atoms with E-state index in [-0.39, 0.29) is 42.7 Å². The van der Waals surface area contributed by atoms with Crippen molar-refractivity contribution in [2.75, 3.05) is 41.0 Å². The van der Waals surface area contributed by atoms with Gasteiger partial charge in [0.25, 0.3) is 0 Å². The molecule has 0 rings (SSSR count). The van der Waals surface area contributed by atoms with Crippen LogP contribution in [0.5, 0.6) is 0 Å². The van der Waals surface area contributed by atoms with E-state index >= 15 is 0 Å². The lowest BCUT2D eigenvalue weighted by molar-refractivity contribution is -0.889. The molecular weight excluding hydrogens is 739 g/mol. The Morgan fingerprint density at radius 2 is 1.00 bits per heavy atom. The van der Waals surface area contributed by atoms with Crippen molar-refractivity contribution in [1.29, 1.82) is 0 Å². The van der Waals surface area contributed by atoms with Gasteiger partial charge >= 0.3 is 11.9 Å². The minimum absolute atomic E-state index is 0.0333. The van der Waals surface area contributed by atoms with Crippen molar-refractivity contribution < 1.29 is 38.2 Å². The Kier molecular flexibility index (Phi) is 39.6. The topological polar surface area (TPSA) is 102 Å². The lowest BCUT2D eigenvalue weighted by atomic mass is 10.1. The molecule has 0 bridgehead atoms. The van der Waals surface area contributed by atoms with Gasteiger partial charge in [-0.3, -0.25) is 9.59 Å². The fraction of sp³-hybridized carbons (Fsp3) is 0.745. The Morgan fingerprint density at radius 1 is 0.542 bits per heavy atom. The molecule has 8 heteroatoms. The highest BCUT2D eigenvalue weighted by Crippen LogP contribution is 2.14. The molecule has 0 radical (unpaired) electrons. The number of hydrogen-bond acceptors (Lipinski definition) is 7. The molecule has 0 fully saturated rings. The van der Waals surface area contributed by atoms with Crippen molar-refractivity contribution in [3.8, 4) is 0 Å². The van der Waals surface area contributed by atoms with Gasteiger partial charge in [-0.2, -0.15) is 0 Å². The molecule has 2 unspecified atom stereocenters. The molecule has 340 valence electrons.